The monoisotopic (exact) mass is 380 g/mol. The molecule has 0 atom stereocenters. The van der Waals surface area contributed by atoms with Crippen LogP contribution in [0.15, 0.2) is 65.8 Å². The molecule has 0 bridgehead atoms. The van der Waals surface area contributed by atoms with Crippen LogP contribution in [0.25, 0.3) is 5.69 Å². The number of carbonyl (C=O) groups excluding carboxylic acids is 2. The van der Waals surface area contributed by atoms with E-state index in [0.29, 0.717) is 23.7 Å². The molecule has 1 aromatic heterocycles. The molecular weight excluding hydrogens is 360 g/mol. The van der Waals surface area contributed by atoms with Gasteiger partial charge in [-0.3, -0.25) is 14.2 Å². The Balaban J connectivity index is 1.79. The van der Waals surface area contributed by atoms with Crippen molar-refractivity contribution in [3.8, 4) is 5.69 Å². The molecule has 0 saturated heterocycles. The van der Waals surface area contributed by atoms with Crippen LogP contribution in [0.1, 0.15) is 23.1 Å². The topological polar surface area (TPSA) is 76.9 Å². The highest BCUT2D eigenvalue weighted by molar-refractivity contribution is 7.99. The van der Waals surface area contributed by atoms with Crippen LogP contribution in [0.2, 0.25) is 0 Å². The third-order valence-corrected chi connectivity index (χ3v) is 4.79. The Bertz CT molecular complexity index is 910. The van der Waals surface area contributed by atoms with Crippen LogP contribution in [0.5, 0.6) is 0 Å². The number of hydrogen-bond donors (Lipinski definition) is 1. The van der Waals surface area contributed by atoms with Crippen LogP contribution in [-0.4, -0.2) is 38.8 Å². The Morgan fingerprint density at radius 2 is 1.67 bits per heavy atom. The number of thioether (sulfide) groups is 1. The summed E-state index contributed by atoms with van der Waals surface area (Å²) in [6, 6.07) is 19.0. The van der Waals surface area contributed by atoms with Crippen LogP contribution >= 0.6 is 11.8 Å². The van der Waals surface area contributed by atoms with E-state index in [-0.39, 0.29) is 17.4 Å². The molecule has 0 aliphatic heterocycles. The van der Waals surface area contributed by atoms with Crippen molar-refractivity contribution >= 4 is 23.5 Å². The molecule has 1 heterocycles. The van der Waals surface area contributed by atoms with Crippen LogP contribution in [0.4, 0.5) is 0 Å². The van der Waals surface area contributed by atoms with Crippen molar-refractivity contribution in [1.82, 2.24) is 20.1 Å². The van der Waals surface area contributed by atoms with E-state index in [1.165, 1.54) is 18.7 Å². The Kier molecular flexibility index (Phi) is 6.38. The van der Waals surface area contributed by atoms with Crippen molar-refractivity contribution in [1.29, 1.82) is 0 Å². The number of ketones is 1. The second-order valence-corrected chi connectivity index (χ2v) is 6.82. The van der Waals surface area contributed by atoms with Gasteiger partial charge in [-0.25, -0.2) is 0 Å². The van der Waals surface area contributed by atoms with Gasteiger partial charge in [-0.1, -0.05) is 60.3 Å². The van der Waals surface area contributed by atoms with Crippen molar-refractivity contribution in [2.45, 2.75) is 18.5 Å². The fraction of sp³-hybridized carbons (Fsp3) is 0.200. The van der Waals surface area contributed by atoms with Gasteiger partial charge in [0, 0.05) is 31.1 Å². The Morgan fingerprint density at radius 3 is 2.33 bits per heavy atom. The molecule has 0 spiro atoms. The van der Waals surface area contributed by atoms with Gasteiger partial charge >= 0.3 is 0 Å². The summed E-state index contributed by atoms with van der Waals surface area (Å²) in [6.45, 7) is 1.96. The minimum atomic E-state index is -0.0798. The minimum absolute atomic E-state index is 0.0445. The number of para-hydroxylation sites is 1. The summed E-state index contributed by atoms with van der Waals surface area (Å²) in [7, 11) is 0. The van der Waals surface area contributed by atoms with E-state index in [1.807, 2.05) is 65.2 Å². The number of aromatic nitrogens is 3. The minimum Gasteiger partial charge on any atom is -0.356 e. The molecule has 3 rings (SSSR count). The molecule has 7 heteroatoms. The number of rotatable bonds is 8. The summed E-state index contributed by atoms with van der Waals surface area (Å²) in [5.74, 6) is 0.983. The number of Topliss-reactive ketones (excluding diaryl/α,β-unsaturated/α-hetero) is 1. The number of benzene rings is 2. The van der Waals surface area contributed by atoms with E-state index in [2.05, 4.69) is 15.5 Å². The molecule has 0 saturated carbocycles. The van der Waals surface area contributed by atoms with Crippen molar-refractivity contribution in [2.24, 2.45) is 0 Å². The van der Waals surface area contributed by atoms with Crippen LogP contribution in [0, 0.1) is 0 Å². The predicted molar refractivity (Wildman–Crippen MR) is 105 cm³/mol. The molecule has 0 radical (unpaired) electrons. The third kappa shape index (κ3) is 5.04. The van der Waals surface area contributed by atoms with Crippen LogP contribution in [0.3, 0.4) is 0 Å². The fourth-order valence-corrected chi connectivity index (χ4v) is 3.45. The summed E-state index contributed by atoms with van der Waals surface area (Å²) in [5.41, 5.74) is 1.61. The van der Waals surface area contributed by atoms with Gasteiger partial charge in [0.2, 0.25) is 5.91 Å². The van der Waals surface area contributed by atoms with Gasteiger partial charge in [0.05, 0.1) is 5.75 Å². The van der Waals surface area contributed by atoms with Crippen molar-refractivity contribution in [3.05, 3.63) is 72.1 Å². The summed E-state index contributed by atoms with van der Waals surface area (Å²) < 4.78 is 1.94. The first-order valence-electron chi connectivity index (χ1n) is 8.60. The molecule has 0 aliphatic rings. The maximum absolute atomic E-state index is 12.4. The van der Waals surface area contributed by atoms with Gasteiger partial charge in [-0.15, -0.1) is 10.2 Å². The average Bonchev–Trinajstić information content (AvgIpc) is 3.10. The molecule has 3 aromatic rings. The van der Waals surface area contributed by atoms with Gasteiger partial charge in [-0.05, 0) is 12.1 Å². The standard InChI is InChI=1S/C20H20N4O2S/c1-15(25)21-13-12-19-22-23-20(24(19)17-10-6-3-7-11-17)27-14-18(26)16-8-4-2-5-9-16/h2-11H,12-14H2,1H3,(H,21,25). The number of nitrogens with zero attached hydrogens (tertiary/aromatic N) is 3. The molecule has 27 heavy (non-hydrogen) atoms. The fourth-order valence-electron chi connectivity index (χ4n) is 2.58. The van der Waals surface area contributed by atoms with E-state index in [9.17, 15) is 9.59 Å². The lowest BCUT2D eigenvalue weighted by Gasteiger charge is -2.10. The summed E-state index contributed by atoms with van der Waals surface area (Å²) in [6.07, 6.45) is 0.550. The lowest BCUT2D eigenvalue weighted by atomic mass is 10.2. The zero-order chi connectivity index (χ0) is 19.1. The molecule has 0 unspecified atom stereocenters. The molecule has 2 aromatic carbocycles. The highest BCUT2D eigenvalue weighted by Gasteiger charge is 2.16. The van der Waals surface area contributed by atoms with E-state index in [1.54, 1.807) is 0 Å². The Hall–Kier alpha value is -2.93. The lowest BCUT2D eigenvalue weighted by Crippen LogP contribution is -2.23. The number of carbonyl (C=O) groups is 2. The number of hydrogen-bond acceptors (Lipinski definition) is 5. The maximum Gasteiger partial charge on any atom is 0.216 e. The molecule has 1 N–H and O–H groups in total. The van der Waals surface area contributed by atoms with Gasteiger partial charge in [0.25, 0.3) is 0 Å². The quantitative estimate of drug-likeness (QED) is 0.480. The SMILES string of the molecule is CC(=O)NCCc1nnc(SCC(=O)c2ccccc2)n1-c1ccccc1. The molecule has 0 aliphatic carbocycles. The smallest absolute Gasteiger partial charge is 0.216 e. The Morgan fingerprint density at radius 1 is 1.00 bits per heavy atom. The number of amides is 1. The van der Waals surface area contributed by atoms with Crippen molar-refractivity contribution < 1.29 is 9.59 Å². The van der Waals surface area contributed by atoms with Gasteiger partial charge in [0.1, 0.15) is 5.82 Å². The van der Waals surface area contributed by atoms with Gasteiger partial charge in [-0.2, -0.15) is 0 Å². The zero-order valence-corrected chi connectivity index (χ0v) is 15.8. The largest absolute Gasteiger partial charge is 0.356 e. The van der Waals surface area contributed by atoms with Gasteiger partial charge in [0.15, 0.2) is 10.9 Å². The molecule has 0 fully saturated rings. The van der Waals surface area contributed by atoms with E-state index in [4.69, 9.17) is 0 Å². The van der Waals surface area contributed by atoms with E-state index >= 15 is 0 Å². The third-order valence-electron chi connectivity index (χ3n) is 3.87. The highest BCUT2D eigenvalue weighted by atomic mass is 32.2. The maximum atomic E-state index is 12.4. The molecule has 6 nitrogen and oxygen atoms in total. The summed E-state index contributed by atoms with van der Waals surface area (Å²) in [4.78, 5) is 23.5. The lowest BCUT2D eigenvalue weighted by molar-refractivity contribution is -0.118. The second-order valence-electron chi connectivity index (χ2n) is 5.88. The molecular formula is C20H20N4O2S. The highest BCUT2D eigenvalue weighted by Crippen LogP contribution is 2.23. The first kappa shape index (κ1) is 18.8. The summed E-state index contributed by atoms with van der Waals surface area (Å²) in [5, 5.41) is 12.0. The van der Waals surface area contributed by atoms with E-state index in [0.717, 1.165) is 11.5 Å². The first-order valence-corrected chi connectivity index (χ1v) is 9.59. The second kappa shape index (κ2) is 9.14. The molecule has 1 amide bonds. The van der Waals surface area contributed by atoms with Gasteiger partial charge < -0.3 is 5.32 Å². The average molecular weight is 380 g/mol. The summed E-state index contributed by atoms with van der Waals surface area (Å²) >= 11 is 1.36. The number of nitrogens with one attached hydrogen (secondary N) is 1. The first-order chi connectivity index (χ1) is 13.1. The predicted octanol–water partition coefficient (Wildman–Crippen LogP) is 2.92. The van der Waals surface area contributed by atoms with Crippen molar-refractivity contribution in [3.63, 3.8) is 0 Å². The van der Waals surface area contributed by atoms with Crippen LogP contribution < -0.4 is 5.32 Å². The molecule has 138 valence electrons. The zero-order valence-electron chi connectivity index (χ0n) is 15.0. The normalized spacial score (nSPS) is 10.6. The Labute approximate surface area is 162 Å². The van der Waals surface area contributed by atoms with E-state index < -0.39 is 0 Å². The van der Waals surface area contributed by atoms with Crippen LogP contribution in [-0.2, 0) is 11.2 Å². The van der Waals surface area contributed by atoms with Crippen molar-refractivity contribution in [2.75, 3.05) is 12.3 Å².